The number of amidine groups is 1. The molecule has 4 rings (SSSR count). The van der Waals surface area contributed by atoms with Crippen LogP contribution in [0.2, 0.25) is 0 Å². The number of likely N-dealkylation sites (N-methyl/N-ethyl adjacent to an activating group) is 1. The third kappa shape index (κ3) is 4.93. The van der Waals surface area contributed by atoms with Gasteiger partial charge in [-0.15, -0.1) is 0 Å². The van der Waals surface area contributed by atoms with Gasteiger partial charge < -0.3 is 16.0 Å². The van der Waals surface area contributed by atoms with Crippen molar-refractivity contribution < 1.29 is 4.79 Å². The lowest BCUT2D eigenvalue weighted by molar-refractivity contribution is 0.0974. The first-order valence-electron chi connectivity index (χ1n) is 11.0. The SMILES string of the molecule is CN(C)CCn1cc(C(=O)NC(=N)[C@@](C)(c2ccc(-c3cnc(N)nc3)cc2)C2CC2)cn1. The molecule has 33 heavy (non-hydrogen) atoms. The predicted molar refractivity (Wildman–Crippen MR) is 128 cm³/mol. The molecule has 0 radical (unpaired) electrons. The topological polar surface area (TPSA) is 126 Å². The number of rotatable bonds is 8. The van der Waals surface area contributed by atoms with E-state index in [0.29, 0.717) is 18.0 Å². The van der Waals surface area contributed by atoms with Gasteiger partial charge >= 0.3 is 0 Å². The van der Waals surface area contributed by atoms with Gasteiger partial charge in [-0.05, 0) is 50.9 Å². The summed E-state index contributed by atoms with van der Waals surface area (Å²) in [6.07, 6.45) is 8.73. The molecule has 1 fully saturated rings. The van der Waals surface area contributed by atoms with E-state index in [1.807, 2.05) is 45.3 Å². The van der Waals surface area contributed by atoms with E-state index in [2.05, 4.69) is 25.3 Å². The molecule has 1 aliphatic carbocycles. The maximum absolute atomic E-state index is 12.9. The first-order valence-corrected chi connectivity index (χ1v) is 11.0. The number of hydrogen-bond donors (Lipinski definition) is 3. The standard InChI is InChI=1S/C24H30N8O/c1-24(20-8-9-20,19-6-4-16(5-7-19)17-12-27-23(26)28-13-17)22(25)30-21(33)18-14-29-32(15-18)11-10-31(2)3/h4-7,12-15,20H,8-11H2,1-3H3,(H2,25,30,33)(H2,26,27,28)/t24-/m0/s1. The molecule has 9 nitrogen and oxygen atoms in total. The van der Waals surface area contributed by atoms with Gasteiger partial charge in [-0.3, -0.25) is 14.9 Å². The number of hydrogen-bond acceptors (Lipinski definition) is 7. The molecule has 2 aromatic heterocycles. The van der Waals surface area contributed by atoms with E-state index >= 15 is 0 Å². The van der Waals surface area contributed by atoms with E-state index in [-0.39, 0.29) is 17.7 Å². The minimum Gasteiger partial charge on any atom is -0.368 e. The van der Waals surface area contributed by atoms with Gasteiger partial charge in [0.15, 0.2) is 0 Å². The second-order valence-electron chi connectivity index (χ2n) is 9.01. The van der Waals surface area contributed by atoms with E-state index in [1.165, 1.54) is 0 Å². The number of carbonyl (C=O) groups is 1. The van der Waals surface area contributed by atoms with Crippen LogP contribution in [-0.4, -0.2) is 57.0 Å². The largest absolute Gasteiger partial charge is 0.368 e. The van der Waals surface area contributed by atoms with Gasteiger partial charge in [0.2, 0.25) is 5.95 Å². The lowest BCUT2D eigenvalue weighted by atomic mass is 9.76. The molecular weight excluding hydrogens is 416 g/mol. The van der Waals surface area contributed by atoms with Crippen molar-refractivity contribution in [2.75, 3.05) is 26.4 Å². The van der Waals surface area contributed by atoms with Crippen LogP contribution in [0.3, 0.4) is 0 Å². The molecule has 3 aromatic rings. The number of amides is 1. The Bertz CT molecular complexity index is 1130. The molecule has 0 spiro atoms. The fraction of sp³-hybridized carbons (Fsp3) is 0.375. The van der Waals surface area contributed by atoms with Crippen LogP contribution in [0.5, 0.6) is 0 Å². The van der Waals surface area contributed by atoms with Gasteiger partial charge in [0, 0.05) is 30.7 Å². The minimum absolute atomic E-state index is 0.208. The highest BCUT2D eigenvalue weighted by molar-refractivity contribution is 6.08. The third-order valence-corrected chi connectivity index (χ3v) is 6.31. The molecule has 1 saturated carbocycles. The molecule has 0 unspecified atom stereocenters. The number of benzene rings is 1. The van der Waals surface area contributed by atoms with E-state index in [1.54, 1.807) is 29.5 Å². The highest BCUT2D eigenvalue weighted by Gasteiger charge is 2.46. The van der Waals surface area contributed by atoms with Crippen LogP contribution in [0, 0.1) is 11.3 Å². The summed E-state index contributed by atoms with van der Waals surface area (Å²) in [4.78, 5) is 23.0. The van der Waals surface area contributed by atoms with Gasteiger partial charge in [-0.2, -0.15) is 5.10 Å². The van der Waals surface area contributed by atoms with Gasteiger partial charge in [-0.1, -0.05) is 24.3 Å². The van der Waals surface area contributed by atoms with Crippen molar-refractivity contribution in [3.63, 3.8) is 0 Å². The Balaban J connectivity index is 1.49. The number of aromatic nitrogens is 4. The zero-order chi connectivity index (χ0) is 23.6. The Labute approximate surface area is 193 Å². The predicted octanol–water partition coefficient (Wildman–Crippen LogP) is 2.56. The minimum atomic E-state index is -0.577. The molecular formula is C24H30N8O. The lowest BCUT2D eigenvalue weighted by Crippen LogP contribution is -2.46. The molecule has 2 heterocycles. The number of nitrogens with one attached hydrogen (secondary N) is 2. The summed E-state index contributed by atoms with van der Waals surface area (Å²) < 4.78 is 1.75. The first-order chi connectivity index (χ1) is 15.8. The summed E-state index contributed by atoms with van der Waals surface area (Å²) in [5.74, 6) is 0.459. The van der Waals surface area contributed by atoms with Crippen LogP contribution in [0.25, 0.3) is 11.1 Å². The Kier molecular flexibility index (Phi) is 6.24. The smallest absolute Gasteiger partial charge is 0.259 e. The summed E-state index contributed by atoms with van der Waals surface area (Å²) in [6, 6.07) is 8.03. The van der Waals surface area contributed by atoms with E-state index in [4.69, 9.17) is 11.1 Å². The van der Waals surface area contributed by atoms with Crippen LogP contribution in [0.4, 0.5) is 5.95 Å². The molecule has 1 aliphatic rings. The molecule has 0 bridgehead atoms. The number of carbonyl (C=O) groups excluding carboxylic acids is 1. The van der Waals surface area contributed by atoms with Crippen LogP contribution in [0.15, 0.2) is 49.1 Å². The summed E-state index contributed by atoms with van der Waals surface area (Å²) in [6.45, 7) is 3.56. The van der Waals surface area contributed by atoms with Crippen LogP contribution in [-0.2, 0) is 12.0 Å². The molecule has 4 N–H and O–H groups in total. The Morgan fingerprint density at radius 2 is 1.85 bits per heavy atom. The molecule has 9 heteroatoms. The van der Waals surface area contributed by atoms with Gasteiger partial charge in [0.1, 0.15) is 5.84 Å². The molecule has 0 saturated heterocycles. The lowest BCUT2D eigenvalue weighted by Gasteiger charge is -2.31. The highest BCUT2D eigenvalue weighted by atomic mass is 16.1. The van der Waals surface area contributed by atoms with E-state index < -0.39 is 5.41 Å². The summed E-state index contributed by atoms with van der Waals surface area (Å²) in [5, 5.41) is 15.9. The van der Waals surface area contributed by atoms with Crippen LogP contribution >= 0.6 is 0 Å². The summed E-state index contributed by atoms with van der Waals surface area (Å²) in [5.41, 5.74) is 8.30. The van der Waals surface area contributed by atoms with Crippen molar-refractivity contribution in [2.45, 2.75) is 31.7 Å². The number of nitrogens with two attached hydrogens (primary N) is 1. The molecule has 172 valence electrons. The van der Waals surface area contributed by atoms with Crippen molar-refractivity contribution in [1.82, 2.24) is 30.0 Å². The number of nitrogens with zero attached hydrogens (tertiary/aromatic N) is 5. The average Bonchev–Trinajstić information content (AvgIpc) is 3.55. The second kappa shape index (κ2) is 9.11. The quantitative estimate of drug-likeness (QED) is 0.361. The Morgan fingerprint density at radius 1 is 1.18 bits per heavy atom. The second-order valence-corrected chi connectivity index (χ2v) is 9.01. The third-order valence-electron chi connectivity index (χ3n) is 6.31. The normalized spacial score (nSPS) is 15.3. The number of nitrogen functional groups attached to an aromatic ring is 1. The van der Waals surface area contributed by atoms with Gasteiger partial charge in [0.25, 0.3) is 5.91 Å². The Morgan fingerprint density at radius 3 is 2.45 bits per heavy atom. The van der Waals surface area contributed by atoms with Gasteiger partial charge in [0.05, 0.1) is 23.7 Å². The molecule has 1 atom stereocenters. The van der Waals surface area contributed by atoms with E-state index in [9.17, 15) is 4.79 Å². The first kappa shape index (κ1) is 22.6. The fourth-order valence-electron chi connectivity index (χ4n) is 3.96. The van der Waals surface area contributed by atoms with Gasteiger partial charge in [-0.25, -0.2) is 9.97 Å². The van der Waals surface area contributed by atoms with Crippen molar-refractivity contribution in [3.05, 3.63) is 60.2 Å². The average molecular weight is 447 g/mol. The summed E-state index contributed by atoms with van der Waals surface area (Å²) >= 11 is 0. The molecule has 1 amide bonds. The fourth-order valence-corrected chi connectivity index (χ4v) is 3.96. The summed E-state index contributed by atoms with van der Waals surface area (Å²) in [7, 11) is 3.99. The van der Waals surface area contributed by atoms with Crippen molar-refractivity contribution >= 4 is 17.7 Å². The van der Waals surface area contributed by atoms with Crippen LogP contribution < -0.4 is 11.1 Å². The molecule has 0 aliphatic heterocycles. The maximum Gasteiger partial charge on any atom is 0.259 e. The van der Waals surface area contributed by atoms with Crippen molar-refractivity contribution in [2.24, 2.45) is 5.92 Å². The maximum atomic E-state index is 12.9. The monoisotopic (exact) mass is 446 g/mol. The number of anilines is 1. The molecule has 1 aromatic carbocycles. The zero-order valence-corrected chi connectivity index (χ0v) is 19.2. The van der Waals surface area contributed by atoms with E-state index in [0.717, 1.165) is 36.1 Å². The van der Waals surface area contributed by atoms with Crippen LogP contribution in [0.1, 0.15) is 35.7 Å². The van der Waals surface area contributed by atoms with Crippen molar-refractivity contribution in [3.8, 4) is 11.1 Å². The highest BCUT2D eigenvalue weighted by Crippen LogP contribution is 2.47. The van der Waals surface area contributed by atoms with Crippen molar-refractivity contribution in [1.29, 1.82) is 5.41 Å². The zero-order valence-electron chi connectivity index (χ0n) is 19.2. The Hall–Kier alpha value is -3.59.